The van der Waals surface area contributed by atoms with Crippen molar-refractivity contribution in [3.63, 3.8) is 0 Å². The van der Waals surface area contributed by atoms with E-state index in [-0.39, 0.29) is 11.7 Å². The van der Waals surface area contributed by atoms with Crippen molar-refractivity contribution in [2.24, 2.45) is 0 Å². The fourth-order valence-corrected chi connectivity index (χ4v) is 3.65. The molecule has 0 spiro atoms. The molecular formula is C19H17FN2O3S. The van der Waals surface area contributed by atoms with Gasteiger partial charge in [-0.15, -0.1) is 11.3 Å². The average Bonchev–Trinajstić information content (AvgIpc) is 2.97. The smallest absolute Gasteiger partial charge is 0.411 e. The molecule has 0 radical (unpaired) electrons. The number of rotatable bonds is 4. The number of carbonyl (C=O) groups excluding carboxylic acids is 2. The minimum Gasteiger partial charge on any atom is -0.453 e. The third-order valence-corrected chi connectivity index (χ3v) is 5.21. The number of nitrogens with one attached hydrogen (secondary N) is 2. The monoisotopic (exact) mass is 372 g/mol. The van der Waals surface area contributed by atoms with Crippen molar-refractivity contribution in [1.29, 1.82) is 0 Å². The number of thiophene rings is 1. The highest BCUT2D eigenvalue weighted by Gasteiger charge is 2.15. The molecule has 3 aromatic rings. The Kier molecular flexibility index (Phi) is 5.18. The minimum atomic E-state index is -0.539. The van der Waals surface area contributed by atoms with Crippen LogP contribution in [0.4, 0.5) is 14.9 Å². The molecule has 7 heteroatoms. The third-order valence-electron chi connectivity index (χ3n) is 3.94. The lowest BCUT2D eigenvalue weighted by molar-refractivity contribution is 0.0954. The van der Waals surface area contributed by atoms with Crippen LogP contribution in [-0.4, -0.2) is 19.1 Å². The standard InChI is InChI=1S/C19H17FN2O3S/c1-11-15-9-13(20)5-8-16(15)26-17(11)18(23)21-10-12-3-6-14(7-4-12)22-19(24)25-2/h3-9H,10H2,1-2H3,(H,21,23)(H,22,24). The summed E-state index contributed by atoms with van der Waals surface area (Å²) in [5.74, 6) is -0.508. The number of aryl methyl sites for hydroxylation is 1. The number of ether oxygens (including phenoxy) is 1. The summed E-state index contributed by atoms with van der Waals surface area (Å²) in [6.45, 7) is 2.17. The van der Waals surface area contributed by atoms with Crippen molar-refractivity contribution in [2.45, 2.75) is 13.5 Å². The Balaban J connectivity index is 1.67. The molecule has 0 unspecified atom stereocenters. The van der Waals surface area contributed by atoms with Gasteiger partial charge in [-0.25, -0.2) is 9.18 Å². The quantitative estimate of drug-likeness (QED) is 0.711. The molecule has 0 aliphatic heterocycles. The van der Waals surface area contributed by atoms with Crippen molar-refractivity contribution in [3.05, 3.63) is 64.3 Å². The summed E-state index contributed by atoms with van der Waals surface area (Å²) in [4.78, 5) is 24.2. The molecule has 0 atom stereocenters. The Morgan fingerprint density at radius 3 is 2.58 bits per heavy atom. The van der Waals surface area contributed by atoms with Gasteiger partial charge in [0.1, 0.15) is 5.82 Å². The first kappa shape index (κ1) is 17.9. The zero-order valence-electron chi connectivity index (χ0n) is 14.3. The predicted octanol–water partition coefficient (Wildman–Crippen LogP) is 4.46. The van der Waals surface area contributed by atoms with Crippen molar-refractivity contribution >= 4 is 39.1 Å². The molecule has 2 N–H and O–H groups in total. The summed E-state index contributed by atoms with van der Waals surface area (Å²) in [6, 6.07) is 11.6. The van der Waals surface area contributed by atoms with Crippen LogP contribution in [0, 0.1) is 12.7 Å². The summed E-state index contributed by atoms with van der Waals surface area (Å²) >= 11 is 1.35. The number of fused-ring (bicyclic) bond motifs is 1. The Morgan fingerprint density at radius 1 is 1.15 bits per heavy atom. The van der Waals surface area contributed by atoms with Gasteiger partial charge in [-0.3, -0.25) is 10.1 Å². The normalized spacial score (nSPS) is 10.6. The van der Waals surface area contributed by atoms with Crippen LogP contribution in [0.3, 0.4) is 0 Å². The predicted molar refractivity (Wildman–Crippen MR) is 100 cm³/mol. The van der Waals surface area contributed by atoms with E-state index in [0.717, 1.165) is 21.2 Å². The first-order valence-corrected chi connectivity index (χ1v) is 8.70. The van der Waals surface area contributed by atoms with Gasteiger partial charge in [0.2, 0.25) is 0 Å². The first-order chi connectivity index (χ1) is 12.5. The van der Waals surface area contributed by atoms with Gasteiger partial charge in [0, 0.05) is 16.9 Å². The van der Waals surface area contributed by atoms with Gasteiger partial charge in [-0.1, -0.05) is 12.1 Å². The maximum absolute atomic E-state index is 13.4. The molecule has 26 heavy (non-hydrogen) atoms. The van der Waals surface area contributed by atoms with Gasteiger partial charge in [-0.05, 0) is 53.8 Å². The average molecular weight is 372 g/mol. The summed E-state index contributed by atoms with van der Waals surface area (Å²) in [6.07, 6.45) is -0.539. The van der Waals surface area contributed by atoms with E-state index in [4.69, 9.17) is 0 Å². The number of methoxy groups -OCH3 is 1. The van der Waals surface area contributed by atoms with Crippen LogP contribution >= 0.6 is 11.3 Å². The van der Waals surface area contributed by atoms with E-state index < -0.39 is 6.09 Å². The SMILES string of the molecule is COC(=O)Nc1ccc(CNC(=O)c2sc3ccc(F)cc3c2C)cc1. The van der Waals surface area contributed by atoms with Crippen molar-refractivity contribution < 1.29 is 18.7 Å². The molecule has 2 amide bonds. The van der Waals surface area contributed by atoms with Gasteiger partial charge in [0.15, 0.2) is 0 Å². The zero-order valence-corrected chi connectivity index (χ0v) is 15.1. The van der Waals surface area contributed by atoms with Gasteiger partial charge < -0.3 is 10.1 Å². The third kappa shape index (κ3) is 3.83. The summed E-state index contributed by atoms with van der Waals surface area (Å²) in [5, 5.41) is 6.19. The number of halogens is 1. The minimum absolute atomic E-state index is 0.194. The highest BCUT2D eigenvalue weighted by molar-refractivity contribution is 7.21. The molecule has 3 rings (SSSR count). The lowest BCUT2D eigenvalue weighted by atomic mass is 10.1. The van der Waals surface area contributed by atoms with Crippen LogP contribution in [0.5, 0.6) is 0 Å². The van der Waals surface area contributed by atoms with Crippen LogP contribution < -0.4 is 10.6 Å². The van der Waals surface area contributed by atoms with Crippen LogP contribution in [-0.2, 0) is 11.3 Å². The molecule has 134 valence electrons. The molecule has 1 heterocycles. The number of hydrogen-bond acceptors (Lipinski definition) is 4. The molecule has 2 aromatic carbocycles. The molecule has 0 fully saturated rings. The maximum Gasteiger partial charge on any atom is 0.411 e. The zero-order chi connectivity index (χ0) is 18.7. The van der Waals surface area contributed by atoms with Crippen molar-refractivity contribution in [2.75, 3.05) is 12.4 Å². The lowest BCUT2D eigenvalue weighted by Crippen LogP contribution is -2.22. The fraction of sp³-hybridized carbons (Fsp3) is 0.158. The molecule has 1 aromatic heterocycles. The van der Waals surface area contributed by atoms with Crippen LogP contribution in [0.1, 0.15) is 20.8 Å². The maximum atomic E-state index is 13.4. The Morgan fingerprint density at radius 2 is 1.88 bits per heavy atom. The van der Waals surface area contributed by atoms with Gasteiger partial charge >= 0.3 is 6.09 Å². The van der Waals surface area contributed by atoms with Gasteiger partial charge in [-0.2, -0.15) is 0 Å². The summed E-state index contributed by atoms with van der Waals surface area (Å²) in [5.41, 5.74) is 2.27. The summed E-state index contributed by atoms with van der Waals surface area (Å²) in [7, 11) is 1.30. The van der Waals surface area contributed by atoms with Gasteiger partial charge in [0.25, 0.3) is 5.91 Å². The molecule has 0 aliphatic rings. The second kappa shape index (κ2) is 7.53. The number of anilines is 1. The fourth-order valence-electron chi connectivity index (χ4n) is 2.55. The Hall–Kier alpha value is -2.93. The van der Waals surface area contributed by atoms with Crippen molar-refractivity contribution in [1.82, 2.24) is 5.32 Å². The first-order valence-electron chi connectivity index (χ1n) is 7.88. The molecule has 5 nitrogen and oxygen atoms in total. The number of benzene rings is 2. The highest BCUT2D eigenvalue weighted by atomic mass is 32.1. The topological polar surface area (TPSA) is 67.4 Å². The molecule has 0 aliphatic carbocycles. The number of amides is 2. The van der Waals surface area contributed by atoms with Crippen LogP contribution in [0.2, 0.25) is 0 Å². The van der Waals surface area contributed by atoms with Gasteiger partial charge in [0.05, 0.1) is 12.0 Å². The van der Waals surface area contributed by atoms with E-state index in [1.54, 1.807) is 30.3 Å². The molecule has 0 bridgehead atoms. The van der Waals surface area contributed by atoms with E-state index in [1.165, 1.54) is 30.6 Å². The number of carbonyl (C=O) groups is 2. The number of hydrogen-bond donors (Lipinski definition) is 2. The highest BCUT2D eigenvalue weighted by Crippen LogP contribution is 2.31. The van der Waals surface area contributed by atoms with E-state index in [1.807, 2.05) is 6.92 Å². The van der Waals surface area contributed by atoms with E-state index in [0.29, 0.717) is 17.1 Å². The largest absolute Gasteiger partial charge is 0.453 e. The van der Waals surface area contributed by atoms with E-state index in [9.17, 15) is 14.0 Å². The lowest BCUT2D eigenvalue weighted by Gasteiger charge is -2.07. The molecule has 0 saturated heterocycles. The van der Waals surface area contributed by atoms with Crippen LogP contribution in [0.25, 0.3) is 10.1 Å². The van der Waals surface area contributed by atoms with Crippen LogP contribution in [0.15, 0.2) is 42.5 Å². The van der Waals surface area contributed by atoms with E-state index >= 15 is 0 Å². The Labute approximate surface area is 153 Å². The second-order valence-electron chi connectivity index (χ2n) is 5.69. The van der Waals surface area contributed by atoms with E-state index in [2.05, 4.69) is 15.4 Å². The summed E-state index contributed by atoms with van der Waals surface area (Å²) < 4.78 is 18.8. The Bertz CT molecular complexity index is 967. The molecular weight excluding hydrogens is 355 g/mol. The molecule has 0 saturated carbocycles. The second-order valence-corrected chi connectivity index (χ2v) is 6.75. The van der Waals surface area contributed by atoms with Crippen molar-refractivity contribution in [3.8, 4) is 0 Å².